The van der Waals surface area contributed by atoms with E-state index in [9.17, 15) is 24.6 Å². The van der Waals surface area contributed by atoms with Gasteiger partial charge in [-0.05, 0) is 88.8 Å². The lowest BCUT2D eigenvalue weighted by Crippen LogP contribution is -2.42. The number of carbonyl (C=O) groups is 3. The summed E-state index contributed by atoms with van der Waals surface area (Å²) in [6.45, 7) is 15.6. The van der Waals surface area contributed by atoms with Crippen molar-refractivity contribution in [1.82, 2.24) is 0 Å². The van der Waals surface area contributed by atoms with Crippen molar-refractivity contribution in [3.8, 4) is 0 Å². The molecule has 36 heavy (non-hydrogen) atoms. The molecule has 1 unspecified atom stereocenters. The first-order valence-corrected chi connectivity index (χ1v) is 14.3. The maximum Gasteiger partial charge on any atom is 0.335 e. The zero-order valence-electron chi connectivity index (χ0n) is 22.6. The Balaban J connectivity index is 3.27. The lowest BCUT2D eigenvalue weighted by atomic mass is 9.74. The fourth-order valence-electron chi connectivity index (χ4n) is 3.82. The van der Waals surface area contributed by atoms with Gasteiger partial charge in [0, 0.05) is 4.75 Å². The number of hydrogen-bond acceptors (Lipinski definition) is 7. The van der Waals surface area contributed by atoms with Crippen LogP contribution in [0.2, 0.25) is 0 Å². The van der Waals surface area contributed by atoms with Gasteiger partial charge in [-0.2, -0.15) is 0 Å². The molecule has 0 aliphatic rings. The zero-order valence-corrected chi connectivity index (χ0v) is 25.0. The average Bonchev–Trinajstić information content (AvgIpc) is 2.69. The molecule has 0 radical (unpaired) electrons. The monoisotopic (exact) mass is 556 g/mol. The molecule has 0 bridgehead atoms. The number of ether oxygens (including phenoxy) is 1. The molecule has 6 nitrogen and oxygen atoms in total. The van der Waals surface area contributed by atoms with Crippen LogP contribution in [-0.2, 0) is 16.0 Å². The van der Waals surface area contributed by atoms with Crippen molar-refractivity contribution in [3.63, 3.8) is 0 Å². The number of carboxylic acid groups (broad SMARTS) is 2. The predicted octanol–water partition coefficient (Wildman–Crippen LogP) is 7.33. The largest absolute Gasteiger partial charge is 0.478 e. The van der Waals surface area contributed by atoms with E-state index in [0.717, 1.165) is 28.2 Å². The van der Waals surface area contributed by atoms with E-state index in [1.165, 1.54) is 23.9 Å². The van der Waals surface area contributed by atoms with Crippen LogP contribution in [0.15, 0.2) is 18.2 Å². The summed E-state index contributed by atoms with van der Waals surface area (Å²) in [6, 6.07) is 4.15. The number of unbranched alkanes of at least 4 members (excludes halogenated alkanes) is 1. The first kappa shape index (κ1) is 32.4. The molecule has 1 aromatic rings. The molecule has 0 saturated carbocycles. The Morgan fingerprint density at radius 3 is 1.94 bits per heavy atom. The molecule has 0 saturated heterocycles. The number of hydrogen-bond donors (Lipinski definition) is 2. The third kappa shape index (κ3) is 11.2. The van der Waals surface area contributed by atoms with Crippen LogP contribution in [0.1, 0.15) is 101 Å². The molecule has 0 heterocycles. The highest BCUT2D eigenvalue weighted by Crippen LogP contribution is 2.44. The van der Waals surface area contributed by atoms with Gasteiger partial charge < -0.3 is 14.9 Å². The van der Waals surface area contributed by atoms with E-state index in [-0.39, 0.29) is 17.1 Å². The lowest BCUT2D eigenvalue weighted by Gasteiger charge is -2.38. The third-order valence-corrected chi connectivity index (χ3v) is 8.43. The van der Waals surface area contributed by atoms with Gasteiger partial charge in [-0.15, -0.1) is 23.5 Å². The van der Waals surface area contributed by atoms with Crippen LogP contribution in [0, 0.1) is 11.3 Å². The average molecular weight is 557 g/mol. The van der Waals surface area contributed by atoms with Gasteiger partial charge >= 0.3 is 17.9 Å². The first-order valence-electron chi connectivity index (χ1n) is 12.1. The van der Waals surface area contributed by atoms with Crippen LogP contribution in [0.5, 0.6) is 0 Å². The van der Waals surface area contributed by atoms with Crippen LogP contribution < -0.4 is 0 Å². The Bertz CT molecular complexity index is 930. The fraction of sp³-hybridized carbons (Fsp3) is 0.630. The smallest absolute Gasteiger partial charge is 0.335 e. The van der Waals surface area contributed by atoms with Crippen LogP contribution in [0.25, 0.3) is 0 Å². The van der Waals surface area contributed by atoms with Gasteiger partial charge in [0.2, 0.25) is 0 Å². The summed E-state index contributed by atoms with van der Waals surface area (Å²) in [4.78, 5) is 36.5. The molecule has 0 spiro atoms. The highest BCUT2D eigenvalue weighted by molar-refractivity contribution is 8.47. The Kier molecular flexibility index (Phi) is 12.0. The molecule has 1 aromatic carbocycles. The maximum atomic E-state index is 13.4. The van der Waals surface area contributed by atoms with Gasteiger partial charge in [0.15, 0.2) is 0 Å². The highest BCUT2D eigenvalue weighted by atomic mass is 32.2. The van der Waals surface area contributed by atoms with Crippen LogP contribution in [0.3, 0.4) is 0 Å². The fourth-order valence-corrected chi connectivity index (χ4v) is 7.19. The summed E-state index contributed by atoms with van der Waals surface area (Å²) < 4.78 is 6.05. The standard InChI is InChI=1S/C27H40O6S3/c1-9-10-11-35-24(34)36-27(7,8)20(23(32)33-25(2,3)4)16-26(5,6)15-17-12-18(21(28)29)14-19(13-17)22(30)31/h12-14,20H,9-11,15-16H2,1-8H3,(H,28,29)(H,30,31). The van der Waals surface area contributed by atoms with Gasteiger partial charge in [-0.25, -0.2) is 9.59 Å². The van der Waals surface area contributed by atoms with Gasteiger partial charge in [-0.1, -0.05) is 39.4 Å². The topological polar surface area (TPSA) is 101 Å². The second-order valence-corrected chi connectivity index (χ2v) is 15.3. The highest BCUT2D eigenvalue weighted by Gasteiger charge is 2.42. The number of benzene rings is 1. The van der Waals surface area contributed by atoms with Crippen molar-refractivity contribution in [2.75, 3.05) is 5.75 Å². The third-order valence-electron chi connectivity index (χ3n) is 5.52. The number of carboxylic acids is 2. The zero-order chi connectivity index (χ0) is 27.9. The van der Waals surface area contributed by atoms with Crippen molar-refractivity contribution in [2.24, 2.45) is 11.3 Å². The number of thiocarbonyl (C=S) groups is 1. The Labute approximate surface area is 229 Å². The summed E-state index contributed by atoms with van der Waals surface area (Å²) >= 11 is 8.76. The Morgan fingerprint density at radius 2 is 1.50 bits per heavy atom. The van der Waals surface area contributed by atoms with Crippen molar-refractivity contribution in [2.45, 2.75) is 91.4 Å². The molecular formula is C27H40O6S3. The van der Waals surface area contributed by atoms with E-state index in [1.54, 1.807) is 11.8 Å². The summed E-state index contributed by atoms with van der Waals surface area (Å²) in [6.07, 6.45) is 3.00. The molecule has 0 aliphatic heterocycles. The summed E-state index contributed by atoms with van der Waals surface area (Å²) in [5.74, 6) is -2.24. The van der Waals surface area contributed by atoms with Gasteiger partial charge in [0.25, 0.3) is 0 Å². The number of thioether (sulfide) groups is 2. The molecule has 1 rings (SSSR count). The molecular weight excluding hydrogens is 516 g/mol. The summed E-state index contributed by atoms with van der Waals surface area (Å²) in [5.41, 5.74) is -0.674. The SMILES string of the molecule is CCCCSC(=S)SC(C)(C)C(CC(C)(C)Cc1cc(C(=O)O)cc(C(=O)O)c1)C(=O)OC(C)(C)C. The number of aromatic carboxylic acids is 2. The molecule has 9 heteroatoms. The van der Waals surface area contributed by atoms with Crippen molar-refractivity contribution >= 4 is 57.2 Å². The molecule has 1 atom stereocenters. The van der Waals surface area contributed by atoms with Gasteiger partial charge in [0.05, 0.1) is 17.0 Å². The number of rotatable bonds is 12. The molecule has 202 valence electrons. The Hall–Kier alpha value is -1.58. The molecule has 0 aromatic heterocycles. The van der Waals surface area contributed by atoms with Crippen molar-refractivity contribution < 1.29 is 29.3 Å². The quantitative estimate of drug-likeness (QED) is 0.156. The van der Waals surface area contributed by atoms with E-state index in [2.05, 4.69) is 6.92 Å². The minimum atomic E-state index is -1.18. The van der Waals surface area contributed by atoms with E-state index in [0.29, 0.717) is 18.4 Å². The van der Waals surface area contributed by atoms with Crippen LogP contribution in [-0.4, -0.2) is 47.8 Å². The molecule has 0 aliphatic carbocycles. The van der Waals surface area contributed by atoms with E-state index >= 15 is 0 Å². The number of carbonyl (C=O) groups excluding carboxylic acids is 1. The van der Waals surface area contributed by atoms with Crippen LogP contribution >= 0.6 is 35.7 Å². The second kappa shape index (κ2) is 13.3. The van der Waals surface area contributed by atoms with Crippen LogP contribution in [0.4, 0.5) is 0 Å². The summed E-state index contributed by atoms with van der Waals surface area (Å²) in [7, 11) is 0. The van der Waals surface area contributed by atoms with Crippen molar-refractivity contribution in [1.29, 1.82) is 0 Å². The molecule has 0 fully saturated rings. The molecule has 2 N–H and O–H groups in total. The van der Waals surface area contributed by atoms with Gasteiger partial charge in [-0.3, -0.25) is 4.79 Å². The maximum absolute atomic E-state index is 13.4. The van der Waals surface area contributed by atoms with Gasteiger partial charge in [0.1, 0.15) is 9.13 Å². The lowest BCUT2D eigenvalue weighted by molar-refractivity contribution is -0.162. The summed E-state index contributed by atoms with van der Waals surface area (Å²) in [5, 5.41) is 18.9. The van der Waals surface area contributed by atoms with E-state index < -0.39 is 33.6 Å². The normalized spacial score (nSPS) is 13.2. The second-order valence-electron chi connectivity index (χ2n) is 11.3. The Morgan fingerprint density at radius 1 is 0.972 bits per heavy atom. The predicted molar refractivity (Wildman–Crippen MR) is 153 cm³/mol. The van der Waals surface area contributed by atoms with E-state index in [1.807, 2.05) is 48.5 Å². The minimum absolute atomic E-state index is 0.0743. The first-order chi connectivity index (χ1) is 16.4. The van der Waals surface area contributed by atoms with Crippen molar-refractivity contribution in [3.05, 3.63) is 34.9 Å². The minimum Gasteiger partial charge on any atom is -0.478 e. The van der Waals surface area contributed by atoms with E-state index in [4.69, 9.17) is 17.0 Å². The number of esters is 1. The molecule has 0 amide bonds.